The average molecular weight is 168 g/mol. The molecule has 0 aliphatic heterocycles. The molecule has 1 fully saturated rings. The lowest BCUT2D eigenvalue weighted by atomic mass is 9.94. The third-order valence-corrected chi connectivity index (χ3v) is 2.63. The number of aliphatic hydroxyl groups excluding tert-OH is 1. The largest absolute Gasteiger partial charge is 0.393 e. The third-order valence-electron chi connectivity index (χ3n) is 2.63. The first-order chi connectivity index (χ1) is 5.54. The molecule has 1 aliphatic rings. The lowest BCUT2D eigenvalue weighted by Gasteiger charge is -2.14. The number of allylic oxidation sites excluding steroid dienone is 2. The van der Waals surface area contributed by atoms with Crippen molar-refractivity contribution in [3.8, 4) is 0 Å². The smallest absolute Gasteiger partial charge is 0.0517 e. The summed E-state index contributed by atoms with van der Waals surface area (Å²) in [4.78, 5) is 0. The molecule has 0 aromatic heterocycles. The molecule has 0 spiro atoms. The Kier molecular flexibility index (Phi) is 2.94. The molecule has 1 atom stereocenters. The molecule has 0 saturated heterocycles. The number of hydrogen-bond donors (Lipinski definition) is 1. The Morgan fingerprint density at radius 2 is 2.08 bits per heavy atom. The molecule has 0 aromatic rings. The number of rotatable bonds is 4. The van der Waals surface area contributed by atoms with E-state index in [1.807, 2.05) is 6.92 Å². The molecule has 1 aliphatic carbocycles. The molecular formula is C11H20O. The van der Waals surface area contributed by atoms with Gasteiger partial charge in [-0.25, -0.2) is 0 Å². The fourth-order valence-electron chi connectivity index (χ4n) is 1.72. The van der Waals surface area contributed by atoms with Crippen LogP contribution in [0.3, 0.4) is 0 Å². The average Bonchev–Trinajstić information content (AvgIpc) is 2.64. The predicted molar refractivity (Wildman–Crippen MR) is 52.0 cm³/mol. The van der Waals surface area contributed by atoms with Crippen molar-refractivity contribution in [2.75, 3.05) is 0 Å². The zero-order valence-corrected chi connectivity index (χ0v) is 8.43. The van der Waals surface area contributed by atoms with Gasteiger partial charge in [-0.05, 0) is 51.9 Å². The van der Waals surface area contributed by atoms with Gasteiger partial charge in [0.15, 0.2) is 0 Å². The van der Waals surface area contributed by atoms with Crippen LogP contribution in [0.4, 0.5) is 0 Å². The van der Waals surface area contributed by atoms with E-state index in [1.165, 1.54) is 24.8 Å². The van der Waals surface area contributed by atoms with Gasteiger partial charge in [0.25, 0.3) is 0 Å². The Morgan fingerprint density at radius 3 is 2.42 bits per heavy atom. The first kappa shape index (κ1) is 9.79. The Morgan fingerprint density at radius 1 is 1.50 bits per heavy atom. The van der Waals surface area contributed by atoms with Gasteiger partial charge in [-0.3, -0.25) is 0 Å². The monoisotopic (exact) mass is 168 g/mol. The fourth-order valence-corrected chi connectivity index (χ4v) is 1.72. The zero-order valence-electron chi connectivity index (χ0n) is 8.43. The summed E-state index contributed by atoms with van der Waals surface area (Å²) >= 11 is 0. The van der Waals surface area contributed by atoms with E-state index in [1.54, 1.807) is 0 Å². The number of aliphatic hydroxyl groups is 1. The minimum atomic E-state index is -0.127. The highest BCUT2D eigenvalue weighted by atomic mass is 16.3. The molecule has 1 saturated carbocycles. The van der Waals surface area contributed by atoms with Crippen molar-refractivity contribution >= 4 is 0 Å². The molecule has 1 N–H and O–H groups in total. The van der Waals surface area contributed by atoms with Gasteiger partial charge in [0.05, 0.1) is 6.10 Å². The molecule has 0 amide bonds. The normalized spacial score (nSPS) is 21.7. The van der Waals surface area contributed by atoms with E-state index >= 15 is 0 Å². The Hall–Kier alpha value is -0.300. The zero-order chi connectivity index (χ0) is 9.19. The van der Waals surface area contributed by atoms with Gasteiger partial charge in [0.2, 0.25) is 0 Å². The molecule has 12 heavy (non-hydrogen) atoms. The standard InChI is InChI=1S/C11H20O/c1-9(2)4-5-11(6-7-11)8-10(3)12/h4,10,12H,5-8H2,1-3H3. The van der Waals surface area contributed by atoms with Crippen molar-refractivity contribution in [1.29, 1.82) is 0 Å². The lowest BCUT2D eigenvalue weighted by molar-refractivity contribution is 0.154. The van der Waals surface area contributed by atoms with Crippen molar-refractivity contribution in [2.45, 2.75) is 52.6 Å². The highest BCUT2D eigenvalue weighted by Gasteiger charge is 2.41. The summed E-state index contributed by atoms with van der Waals surface area (Å²) in [7, 11) is 0. The third kappa shape index (κ3) is 2.98. The lowest BCUT2D eigenvalue weighted by Crippen LogP contribution is -2.10. The van der Waals surface area contributed by atoms with Gasteiger partial charge in [0.1, 0.15) is 0 Å². The van der Waals surface area contributed by atoms with Gasteiger partial charge < -0.3 is 5.11 Å². The topological polar surface area (TPSA) is 20.2 Å². The van der Waals surface area contributed by atoms with Crippen molar-refractivity contribution in [3.05, 3.63) is 11.6 Å². The van der Waals surface area contributed by atoms with Crippen LogP contribution >= 0.6 is 0 Å². The number of hydrogen-bond acceptors (Lipinski definition) is 1. The Bertz CT molecular complexity index is 171. The summed E-state index contributed by atoms with van der Waals surface area (Å²) in [5, 5.41) is 9.27. The Labute approximate surface area is 75.5 Å². The van der Waals surface area contributed by atoms with Crippen LogP contribution in [0.15, 0.2) is 11.6 Å². The van der Waals surface area contributed by atoms with E-state index in [0.717, 1.165) is 6.42 Å². The van der Waals surface area contributed by atoms with E-state index < -0.39 is 0 Å². The summed E-state index contributed by atoms with van der Waals surface area (Å²) in [5.41, 5.74) is 1.87. The molecule has 0 aromatic carbocycles. The molecule has 0 heterocycles. The van der Waals surface area contributed by atoms with Crippen LogP contribution in [0.2, 0.25) is 0 Å². The molecule has 0 bridgehead atoms. The predicted octanol–water partition coefficient (Wildman–Crippen LogP) is 2.89. The van der Waals surface area contributed by atoms with Crippen molar-refractivity contribution in [1.82, 2.24) is 0 Å². The van der Waals surface area contributed by atoms with E-state index in [9.17, 15) is 5.11 Å². The second-order valence-electron chi connectivity index (χ2n) is 4.54. The molecule has 1 unspecified atom stereocenters. The fraction of sp³-hybridized carbons (Fsp3) is 0.818. The highest BCUT2D eigenvalue weighted by Crippen LogP contribution is 2.52. The Balaban J connectivity index is 2.35. The van der Waals surface area contributed by atoms with E-state index in [4.69, 9.17) is 0 Å². The second kappa shape index (κ2) is 3.61. The minimum Gasteiger partial charge on any atom is -0.393 e. The molecule has 1 nitrogen and oxygen atoms in total. The van der Waals surface area contributed by atoms with Crippen LogP contribution in [0, 0.1) is 5.41 Å². The molecule has 70 valence electrons. The summed E-state index contributed by atoms with van der Waals surface area (Å²) in [6, 6.07) is 0. The van der Waals surface area contributed by atoms with Crippen molar-refractivity contribution < 1.29 is 5.11 Å². The maximum Gasteiger partial charge on any atom is 0.0517 e. The SMILES string of the molecule is CC(C)=CCC1(CC(C)O)CC1. The summed E-state index contributed by atoms with van der Waals surface area (Å²) < 4.78 is 0. The van der Waals surface area contributed by atoms with E-state index in [2.05, 4.69) is 19.9 Å². The maximum absolute atomic E-state index is 9.27. The molecule has 1 rings (SSSR count). The van der Waals surface area contributed by atoms with Crippen LogP contribution in [0.25, 0.3) is 0 Å². The van der Waals surface area contributed by atoms with Crippen LogP contribution in [-0.2, 0) is 0 Å². The van der Waals surface area contributed by atoms with Crippen LogP contribution < -0.4 is 0 Å². The first-order valence-electron chi connectivity index (χ1n) is 4.85. The van der Waals surface area contributed by atoms with E-state index in [0.29, 0.717) is 5.41 Å². The highest BCUT2D eigenvalue weighted by molar-refractivity contribution is 5.03. The molecule has 0 radical (unpaired) electrons. The second-order valence-corrected chi connectivity index (χ2v) is 4.54. The minimum absolute atomic E-state index is 0.127. The summed E-state index contributed by atoms with van der Waals surface area (Å²) in [6.07, 6.45) is 6.94. The van der Waals surface area contributed by atoms with Gasteiger partial charge in [-0.15, -0.1) is 0 Å². The summed E-state index contributed by atoms with van der Waals surface area (Å²) in [6.45, 7) is 6.17. The van der Waals surface area contributed by atoms with E-state index in [-0.39, 0.29) is 6.10 Å². The van der Waals surface area contributed by atoms with Crippen LogP contribution in [0.5, 0.6) is 0 Å². The van der Waals surface area contributed by atoms with Crippen LogP contribution in [-0.4, -0.2) is 11.2 Å². The summed E-state index contributed by atoms with van der Waals surface area (Å²) in [5.74, 6) is 0. The van der Waals surface area contributed by atoms with Crippen LogP contribution in [0.1, 0.15) is 46.5 Å². The van der Waals surface area contributed by atoms with Crippen molar-refractivity contribution in [2.24, 2.45) is 5.41 Å². The molecule has 1 heteroatoms. The van der Waals surface area contributed by atoms with Gasteiger partial charge in [0, 0.05) is 0 Å². The van der Waals surface area contributed by atoms with Gasteiger partial charge in [-0.1, -0.05) is 11.6 Å². The van der Waals surface area contributed by atoms with Crippen molar-refractivity contribution in [3.63, 3.8) is 0 Å². The van der Waals surface area contributed by atoms with Gasteiger partial charge in [-0.2, -0.15) is 0 Å². The van der Waals surface area contributed by atoms with Gasteiger partial charge >= 0.3 is 0 Å². The quantitative estimate of drug-likeness (QED) is 0.640. The molecular weight excluding hydrogens is 148 g/mol. The first-order valence-corrected chi connectivity index (χ1v) is 4.85. The maximum atomic E-state index is 9.27.